The Kier molecular flexibility index (Phi) is 1.79. The molecule has 0 aromatic heterocycles. The zero-order chi connectivity index (χ0) is 9.42. The average Bonchev–Trinajstić information content (AvgIpc) is 2.15. The van der Waals surface area contributed by atoms with E-state index < -0.39 is 0 Å². The Balaban J connectivity index is 2.63. The standard InChI is InChI=1S/C10H15N3/c1-6-5-8(11)10-7(9(6)12)3-2-4-13-10/h5,13H,2-4,11-12H2,1H3. The SMILES string of the molecule is Cc1cc(N)c2c(c1N)CCCN2. The topological polar surface area (TPSA) is 64.1 Å². The van der Waals surface area contributed by atoms with Gasteiger partial charge in [-0.05, 0) is 31.4 Å². The molecule has 13 heavy (non-hydrogen) atoms. The first kappa shape index (κ1) is 8.23. The van der Waals surface area contributed by atoms with E-state index in [-0.39, 0.29) is 0 Å². The fourth-order valence-corrected chi connectivity index (χ4v) is 1.88. The Morgan fingerprint density at radius 2 is 2.15 bits per heavy atom. The molecule has 1 heterocycles. The Labute approximate surface area is 78.1 Å². The first-order chi connectivity index (χ1) is 6.20. The molecule has 0 saturated carbocycles. The van der Waals surface area contributed by atoms with Gasteiger partial charge in [-0.2, -0.15) is 0 Å². The molecule has 70 valence electrons. The lowest BCUT2D eigenvalue weighted by Gasteiger charge is -2.22. The van der Waals surface area contributed by atoms with Crippen LogP contribution in [0.5, 0.6) is 0 Å². The van der Waals surface area contributed by atoms with Crippen LogP contribution in [0.2, 0.25) is 0 Å². The lowest BCUT2D eigenvalue weighted by atomic mass is 9.97. The van der Waals surface area contributed by atoms with Crippen LogP contribution >= 0.6 is 0 Å². The quantitative estimate of drug-likeness (QED) is 0.526. The predicted octanol–water partition coefficient (Wildman–Crippen LogP) is 1.52. The van der Waals surface area contributed by atoms with Gasteiger partial charge in [0.05, 0.1) is 11.4 Å². The molecule has 1 aliphatic rings. The molecule has 5 N–H and O–H groups in total. The second-order valence-corrected chi connectivity index (χ2v) is 3.58. The van der Waals surface area contributed by atoms with E-state index in [4.69, 9.17) is 11.5 Å². The van der Waals surface area contributed by atoms with E-state index >= 15 is 0 Å². The van der Waals surface area contributed by atoms with Crippen molar-refractivity contribution in [2.45, 2.75) is 19.8 Å². The zero-order valence-electron chi connectivity index (χ0n) is 7.85. The van der Waals surface area contributed by atoms with Gasteiger partial charge in [0.25, 0.3) is 0 Å². The second kappa shape index (κ2) is 2.83. The van der Waals surface area contributed by atoms with Crippen molar-refractivity contribution in [2.75, 3.05) is 23.3 Å². The van der Waals surface area contributed by atoms with Crippen LogP contribution in [0.3, 0.4) is 0 Å². The van der Waals surface area contributed by atoms with Crippen molar-refractivity contribution < 1.29 is 0 Å². The molecule has 0 atom stereocenters. The van der Waals surface area contributed by atoms with Crippen molar-refractivity contribution in [1.29, 1.82) is 0 Å². The van der Waals surface area contributed by atoms with E-state index in [1.165, 1.54) is 5.56 Å². The molecule has 0 fully saturated rings. The monoisotopic (exact) mass is 177 g/mol. The van der Waals surface area contributed by atoms with Gasteiger partial charge in [0, 0.05) is 17.8 Å². The van der Waals surface area contributed by atoms with Gasteiger partial charge in [0.2, 0.25) is 0 Å². The van der Waals surface area contributed by atoms with E-state index in [9.17, 15) is 0 Å². The summed E-state index contributed by atoms with van der Waals surface area (Å²) in [4.78, 5) is 0. The third kappa shape index (κ3) is 1.20. The van der Waals surface area contributed by atoms with Gasteiger partial charge in [-0.1, -0.05) is 0 Å². The number of nitrogens with one attached hydrogen (secondary N) is 1. The molecule has 0 saturated heterocycles. The zero-order valence-corrected chi connectivity index (χ0v) is 7.85. The van der Waals surface area contributed by atoms with Crippen LogP contribution in [0.4, 0.5) is 17.1 Å². The molecule has 1 aromatic rings. The lowest BCUT2D eigenvalue weighted by Crippen LogP contribution is -2.16. The molecular formula is C10H15N3. The van der Waals surface area contributed by atoms with Gasteiger partial charge in [-0.15, -0.1) is 0 Å². The van der Waals surface area contributed by atoms with Crippen molar-refractivity contribution >= 4 is 17.1 Å². The smallest absolute Gasteiger partial charge is 0.0627 e. The Morgan fingerprint density at radius 3 is 2.92 bits per heavy atom. The fourth-order valence-electron chi connectivity index (χ4n) is 1.88. The molecule has 3 nitrogen and oxygen atoms in total. The summed E-state index contributed by atoms with van der Waals surface area (Å²) in [5, 5.41) is 3.29. The van der Waals surface area contributed by atoms with Gasteiger partial charge in [0.15, 0.2) is 0 Å². The van der Waals surface area contributed by atoms with Crippen LogP contribution in [0.1, 0.15) is 17.5 Å². The first-order valence-corrected chi connectivity index (χ1v) is 4.61. The van der Waals surface area contributed by atoms with Crippen LogP contribution in [-0.4, -0.2) is 6.54 Å². The molecular weight excluding hydrogens is 162 g/mol. The molecule has 0 unspecified atom stereocenters. The predicted molar refractivity (Wildman–Crippen MR) is 56.8 cm³/mol. The van der Waals surface area contributed by atoms with Gasteiger partial charge in [-0.25, -0.2) is 0 Å². The number of hydrogen-bond donors (Lipinski definition) is 3. The molecule has 3 heteroatoms. The highest BCUT2D eigenvalue weighted by atomic mass is 14.9. The third-order valence-electron chi connectivity index (χ3n) is 2.62. The van der Waals surface area contributed by atoms with Crippen molar-refractivity contribution in [3.63, 3.8) is 0 Å². The number of anilines is 3. The highest BCUT2D eigenvalue weighted by Gasteiger charge is 2.15. The largest absolute Gasteiger partial charge is 0.398 e. The maximum atomic E-state index is 5.98. The highest BCUT2D eigenvalue weighted by Crippen LogP contribution is 2.34. The molecule has 0 amide bonds. The van der Waals surface area contributed by atoms with Crippen LogP contribution in [0, 0.1) is 6.92 Å². The second-order valence-electron chi connectivity index (χ2n) is 3.58. The molecule has 0 spiro atoms. The number of nitrogens with two attached hydrogens (primary N) is 2. The highest BCUT2D eigenvalue weighted by molar-refractivity contribution is 5.79. The summed E-state index contributed by atoms with van der Waals surface area (Å²) in [5.41, 5.74) is 16.9. The number of aryl methyl sites for hydroxylation is 1. The lowest BCUT2D eigenvalue weighted by molar-refractivity contribution is 0.832. The van der Waals surface area contributed by atoms with E-state index in [2.05, 4.69) is 5.32 Å². The fraction of sp³-hybridized carbons (Fsp3) is 0.400. The van der Waals surface area contributed by atoms with Gasteiger partial charge in [-0.3, -0.25) is 0 Å². The normalized spacial score (nSPS) is 14.8. The third-order valence-corrected chi connectivity index (χ3v) is 2.62. The summed E-state index contributed by atoms with van der Waals surface area (Å²) >= 11 is 0. The maximum Gasteiger partial charge on any atom is 0.0627 e. The number of nitrogen functional groups attached to an aromatic ring is 2. The van der Waals surface area contributed by atoms with Crippen LogP contribution < -0.4 is 16.8 Å². The molecule has 2 rings (SSSR count). The van der Waals surface area contributed by atoms with Crippen molar-refractivity contribution in [3.8, 4) is 0 Å². The van der Waals surface area contributed by atoms with Crippen LogP contribution in [0.15, 0.2) is 6.07 Å². The number of benzene rings is 1. The molecule has 1 aliphatic heterocycles. The molecule has 0 aliphatic carbocycles. The van der Waals surface area contributed by atoms with Crippen molar-refractivity contribution in [2.24, 2.45) is 0 Å². The first-order valence-electron chi connectivity index (χ1n) is 4.61. The maximum absolute atomic E-state index is 5.98. The molecule has 0 radical (unpaired) electrons. The van der Waals surface area contributed by atoms with Crippen LogP contribution in [0.25, 0.3) is 0 Å². The summed E-state index contributed by atoms with van der Waals surface area (Å²) < 4.78 is 0. The molecule has 0 bridgehead atoms. The summed E-state index contributed by atoms with van der Waals surface area (Å²) in [7, 11) is 0. The minimum Gasteiger partial charge on any atom is -0.398 e. The van der Waals surface area contributed by atoms with Gasteiger partial charge >= 0.3 is 0 Å². The Hall–Kier alpha value is -1.38. The summed E-state index contributed by atoms with van der Waals surface area (Å²) in [6, 6.07) is 1.94. The van der Waals surface area contributed by atoms with Crippen molar-refractivity contribution in [3.05, 3.63) is 17.2 Å². The minimum absolute atomic E-state index is 0.821. The number of fused-ring (bicyclic) bond motifs is 1. The molecule has 1 aromatic carbocycles. The van der Waals surface area contributed by atoms with E-state index in [1.54, 1.807) is 0 Å². The van der Waals surface area contributed by atoms with E-state index in [0.29, 0.717) is 0 Å². The Morgan fingerprint density at radius 1 is 1.38 bits per heavy atom. The average molecular weight is 177 g/mol. The van der Waals surface area contributed by atoms with Gasteiger partial charge < -0.3 is 16.8 Å². The summed E-state index contributed by atoms with van der Waals surface area (Å²) in [5.74, 6) is 0. The summed E-state index contributed by atoms with van der Waals surface area (Å²) in [6.45, 7) is 3.00. The van der Waals surface area contributed by atoms with E-state index in [1.807, 2.05) is 13.0 Å². The number of hydrogen-bond acceptors (Lipinski definition) is 3. The number of rotatable bonds is 0. The van der Waals surface area contributed by atoms with Gasteiger partial charge in [0.1, 0.15) is 0 Å². The van der Waals surface area contributed by atoms with Crippen LogP contribution in [-0.2, 0) is 6.42 Å². The summed E-state index contributed by atoms with van der Waals surface area (Å²) in [6.07, 6.45) is 2.18. The minimum atomic E-state index is 0.821. The van der Waals surface area contributed by atoms with Crippen molar-refractivity contribution in [1.82, 2.24) is 0 Å². The van der Waals surface area contributed by atoms with E-state index in [0.717, 1.165) is 42.0 Å². The Bertz CT molecular complexity index is 345.